The molecule has 0 spiro atoms. The van der Waals surface area contributed by atoms with E-state index in [0.29, 0.717) is 21.7 Å². The predicted octanol–water partition coefficient (Wildman–Crippen LogP) is 2.44. The van der Waals surface area contributed by atoms with Crippen LogP contribution in [0, 0.1) is 0 Å². The Kier molecular flexibility index (Phi) is 4.20. The second-order valence-corrected chi connectivity index (χ2v) is 6.72. The molecule has 0 saturated carbocycles. The molecule has 2 rings (SSSR count). The summed E-state index contributed by atoms with van der Waals surface area (Å²) in [5, 5.41) is 0.413. The second kappa shape index (κ2) is 5.68. The highest BCUT2D eigenvalue weighted by atomic mass is 79.9. The van der Waals surface area contributed by atoms with Crippen molar-refractivity contribution in [3.8, 4) is 0 Å². The molecule has 94 valence electrons. The van der Waals surface area contributed by atoms with E-state index in [1.807, 2.05) is 6.07 Å². The van der Waals surface area contributed by atoms with Crippen LogP contribution in [-0.4, -0.2) is 21.5 Å². The van der Waals surface area contributed by atoms with Gasteiger partial charge in [0.2, 0.25) is 0 Å². The van der Waals surface area contributed by atoms with E-state index in [1.165, 1.54) is 29.2 Å². The topological polar surface area (TPSA) is 94.9 Å². The van der Waals surface area contributed by atoms with E-state index >= 15 is 0 Å². The van der Waals surface area contributed by atoms with Gasteiger partial charge < -0.3 is 11.5 Å². The summed E-state index contributed by atoms with van der Waals surface area (Å²) < 4.78 is 0.931. The average molecular weight is 345 g/mol. The van der Waals surface area contributed by atoms with E-state index in [4.69, 9.17) is 11.5 Å². The number of nitrogens with two attached hydrogens (primary N) is 2. The van der Waals surface area contributed by atoms with Crippen LogP contribution in [0.2, 0.25) is 0 Å². The van der Waals surface area contributed by atoms with Gasteiger partial charge in [-0.1, -0.05) is 11.8 Å². The Balaban J connectivity index is 2.01. The van der Waals surface area contributed by atoms with Crippen molar-refractivity contribution >= 4 is 56.4 Å². The SMILES string of the molecule is Nc1cc(N)nc(SCC(=O)c2ccc(Br)s2)n1. The molecule has 18 heavy (non-hydrogen) atoms. The number of carbonyl (C=O) groups excluding carboxylic acids is 1. The molecule has 0 unspecified atom stereocenters. The zero-order valence-electron chi connectivity index (χ0n) is 9.09. The van der Waals surface area contributed by atoms with Gasteiger partial charge in [-0.2, -0.15) is 0 Å². The minimum Gasteiger partial charge on any atom is -0.383 e. The summed E-state index contributed by atoms with van der Waals surface area (Å²) in [6.45, 7) is 0. The lowest BCUT2D eigenvalue weighted by atomic mass is 10.4. The lowest BCUT2D eigenvalue weighted by Gasteiger charge is -2.01. The first-order valence-electron chi connectivity index (χ1n) is 4.86. The van der Waals surface area contributed by atoms with E-state index in [9.17, 15) is 4.79 Å². The third-order valence-electron chi connectivity index (χ3n) is 1.93. The molecule has 4 N–H and O–H groups in total. The summed E-state index contributed by atoms with van der Waals surface area (Å²) in [6, 6.07) is 5.10. The molecule has 5 nitrogen and oxygen atoms in total. The molecule has 0 amide bonds. The van der Waals surface area contributed by atoms with E-state index in [2.05, 4.69) is 25.9 Å². The molecule has 0 saturated heterocycles. The average Bonchev–Trinajstić information content (AvgIpc) is 2.71. The number of aromatic nitrogens is 2. The van der Waals surface area contributed by atoms with Crippen molar-refractivity contribution in [2.24, 2.45) is 0 Å². The number of nitrogen functional groups attached to an aromatic ring is 2. The highest BCUT2D eigenvalue weighted by molar-refractivity contribution is 9.11. The zero-order valence-corrected chi connectivity index (χ0v) is 12.3. The summed E-state index contributed by atoms with van der Waals surface area (Å²) >= 11 is 5.94. The minimum absolute atomic E-state index is 0.0281. The van der Waals surface area contributed by atoms with Crippen molar-refractivity contribution in [2.45, 2.75) is 5.16 Å². The van der Waals surface area contributed by atoms with Gasteiger partial charge in [0, 0.05) is 6.07 Å². The number of nitrogens with zero attached hydrogens (tertiary/aromatic N) is 2. The number of rotatable bonds is 4. The first-order valence-corrected chi connectivity index (χ1v) is 7.45. The summed E-state index contributed by atoms with van der Waals surface area (Å²) in [7, 11) is 0. The maximum absolute atomic E-state index is 11.9. The maximum Gasteiger partial charge on any atom is 0.191 e. The Morgan fingerprint density at radius 2 is 2.00 bits per heavy atom. The van der Waals surface area contributed by atoms with Gasteiger partial charge >= 0.3 is 0 Å². The number of halogens is 1. The summed E-state index contributed by atoms with van der Waals surface area (Å²) in [5.74, 6) is 0.892. The van der Waals surface area contributed by atoms with E-state index < -0.39 is 0 Å². The fourth-order valence-electron chi connectivity index (χ4n) is 1.19. The Bertz CT molecular complexity index is 567. The van der Waals surface area contributed by atoms with Gasteiger partial charge in [0.1, 0.15) is 11.6 Å². The van der Waals surface area contributed by atoms with E-state index in [0.717, 1.165) is 3.79 Å². The molecule has 0 aliphatic heterocycles. The monoisotopic (exact) mass is 344 g/mol. The van der Waals surface area contributed by atoms with Gasteiger partial charge in [-0.15, -0.1) is 11.3 Å². The number of hydrogen-bond acceptors (Lipinski definition) is 7. The largest absolute Gasteiger partial charge is 0.383 e. The van der Waals surface area contributed by atoms with Crippen molar-refractivity contribution < 1.29 is 4.79 Å². The maximum atomic E-state index is 11.9. The smallest absolute Gasteiger partial charge is 0.191 e. The Labute approximate surface area is 120 Å². The van der Waals surface area contributed by atoms with Crippen molar-refractivity contribution in [3.05, 3.63) is 26.9 Å². The summed E-state index contributed by atoms with van der Waals surface area (Å²) in [6.07, 6.45) is 0. The van der Waals surface area contributed by atoms with Crippen LogP contribution in [0.4, 0.5) is 11.6 Å². The molecule has 8 heteroatoms. The molecule has 2 aromatic rings. The number of thiophene rings is 1. The third kappa shape index (κ3) is 3.44. The second-order valence-electron chi connectivity index (χ2n) is 3.32. The van der Waals surface area contributed by atoms with E-state index in [-0.39, 0.29) is 11.5 Å². The van der Waals surface area contributed by atoms with Crippen LogP contribution in [0.5, 0.6) is 0 Å². The van der Waals surface area contributed by atoms with Crippen LogP contribution in [0.3, 0.4) is 0 Å². The van der Waals surface area contributed by atoms with Crippen molar-refractivity contribution in [2.75, 3.05) is 17.2 Å². The molecule has 0 aromatic carbocycles. The number of hydrogen-bond donors (Lipinski definition) is 2. The van der Waals surface area contributed by atoms with Crippen LogP contribution in [0.1, 0.15) is 9.67 Å². The fraction of sp³-hybridized carbons (Fsp3) is 0.100. The summed E-state index contributed by atoms with van der Waals surface area (Å²) in [4.78, 5) is 20.5. The first-order chi connectivity index (χ1) is 8.54. The van der Waals surface area contributed by atoms with Gasteiger partial charge in [-0.3, -0.25) is 4.79 Å². The number of thioether (sulfide) groups is 1. The molecular formula is C10H9BrN4OS2. The lowest BCUT2D eigenvalue weighted by molar-refractivity contribution is 0.102. The van der Waals surface area contributed by atoms with Crippen LogP contribution in [0.15, 0.2) is 27.1 Å². The van der Waals surface area contributed by atoms with Crippen LogP contribution < -0.4 is 11.5 Å². The van der Waals surface area contributed by atoms with Crippen molar-refractivity contribution in [1.29, 1.82) is 0 Å². The lowest BCUT2D eigenvalue weighted by Crippen LogP contribution is -2.03. The molecule has 0 bridgehead atoms. The third-order valence-corrected chi connectivity index (χ3v) is 4.44. The predicted molar refractivity (Wildman–Crippen MR) is 77.9 cm³/mol. The minimum atomic E-state index is 0.0281. The normalized spacial score (nSPS) is 10.5. The molecule has 0 radical (unpaired) electrons. The molecule has 2 aromatic heterocycles. The first kappa shape index (κ1) is 13.3. The standard InChI is InChI=1S/C10H9BrN4OS2/c11-7-2-1-6(18-7)5(16)4-17-10-14-8(12)3-9(13)15-10/h1-3H,4H2,(H4,12,13,14,15). The number of anilines is 2. The Hall–Kier alpha value is -1.12. The van der Waals surface area contributed by atoms with Crippen LogP contribution >= 0.6 is 39.0 Å². The van der Waals surface area contributed by atoms with Crippen LogP contribution in [-0.2, 0) is 0 Å². The van der Waals surface area contributed by atoms with Crippen molar-refractivity contribution in [3.63, 3.8) is 0 Å². The van der Waals surface area contributed by atoms with Gasteiger partial charge in [-0.05, 0) is 28.1 Å². The highest BCUT2D eigenvalue weighted by Crippen LogP contribution is 2.24. The molecule has 0 atom stereocenters. The molecule has 0 fully saturated rings. The Morgan fingerprint density at radius 1 is 1.33 bits per heavy atom. The molecular weight excluding hydrogens is 336 g/mol. The summed E-state index contributed by atoms with van der Waals surface area (Å²) in [5.41, 5.74) is 11.1. The number of ketones is 1. The van der Waals surface area contributed by atoms with Gasteiger partial charge in [0.25, 0.3) is 0 Å². The van der Waals surface area contributed by atoms with Gasteiger partial charge in [0.05, 0.1) is 14.4 Å². The van der Waals surface area contributed by atoms with Gasteiger partial charge in [-0.25, -0.2) is 9.97 Å². The zero-order chi connectivity index (χ0) is 13.1. The molecule has 2 heterocycles. The Morgan fingerprint density at radius 3 is 2.56 bits per heavy atom. The molecule has 0 aliphatic rings. The molecule has 0 aliphatic carbocycles. The van der Waals surface area contributed by atoms with Gasteiger partial charge in [0.15, 0.2) is 10.9 Å². The van der Waals surface area contributed by atoms with E-state index in [1.54, 1.807) is 6.07 Å². The number of carbonyl (C=O) groups is 1. The quantitative estimate of drug-likeness (QED) is 0.502. The van der Waals surface area contributed by atoms with Crippen LogP contribution in [0.25, 0.3) is 0 Å². The fourth-order valence-corrected chi connectivity index (χ4v) is 3.36. The number of Topliss-reactive ketones (excluding diaryl/α,β-unsaturated/α-hetero) is 1. The highest BCUT2D eigenvalue weighted by Gasteiger charge is 2.11. The van der Waals surface area contributed by atoms with Crippen molar-refractivity contribution in [1.82, 2.24) is 9.97 Å².